The summed E-state index contributed by atoms with van der Waals surface area (Å²) < 4.78 is 4.56. The van der Waals surface area contributed by atoms with Gasteiger partial charge in [0.25, 0.3) is 0 Å². The van der Waals surface area contributed by atoms with E-state index in [0.717, 1.165) is 44.8 Å². The Morgan fingerprint density at radius 3 is 2.89 bits per heavy atom. The molecule has 2 rings (SSSR count). The van der Waals surface area contributed by atoms with E-state index in [-0.39, 0.29) is 6.10 Å². The van der Waals surface area contributed by atoms with Crippen molar-refractivity contribution in [3.8, 4) is 0 Å². The predicted molar refractivity (Wildman–Crippen MR) is 77.5 cm³/mol. The van der Waals surface area contributed by atoms with Crippen LogP contribution >= 0.6 is 23.1 Å². The van der Waals surface area contributed by atoms with Crippen molar-refractivity contribution < 1.29 is 5.11 Å². The van der Waals surface area contributed by atoms with Crippen LogP contribution in [0.25, 0.3) is 0 Å². The van der Waals surface area contributed by atoms with Gasteiger partial charge in [-0.2, -0.15) is 0 Å². The van der Waals surface area contributed by atoms with Gasteiger partial charge in [0.15, 0.2) is 0 Å². The SMILES string of the molecule is CCC1CN(Cc2nnsc2Cl)CCN1CC(C)O. The van der Waals surface area contributed by atoms with Crippen LogP contribution in [0.2, 0.25) is 4.34 Å². The summed E-state index contributed by atoms with van der Waals surface area (Å²) in [5, 5.41) is 13.6. The number of β-amino-alcohol motifs (C(OH)–C–C–N with tert-alkyl or cyclic N) is 1. The van der Waals surface area contributed by atoms with Crippen molar-refractivity contribution in [3.05, 3.63) is 10.0 Å². The van der Waals surface area contributed by atoms with Crippen molar-refractivity contribution >= 4 is 23.1 Å². The fourth-order valence-electron chi connectivity index (χ4n) is 2.57. The molecule has 0 spiro atoms. The maximum absolute atomic E-state index is 9.54. The number of hydrogen-bond acceptors (Lipinski definition) is 6. The van der Waals surface area contributed by atoms with E-state index in [1.54, 1.807) is 0 Å². The molecule has 1 aromatic heterocycles. The number of piperazine rings is 1. The quantitative estimate of drug-likeness (QED) is 0.893. The first kappa shape index (κ1) is 15.1. The van der Waals surface area contributed by atoms with Crippen molar-refractivity contribution in [2.45, 2.75) is 39.0 Å². The van der Waals surface area contributed by atoms with Crippen LogP contribution in [0.4, 0.5) is 0 Å². The molecular weight excluding hydrogens is 284 g/mol. The molecule has 5 nitrogen and oxygen atoms in total. The Hall–Kier alpha value is -0.270. The molecule has 2 unspecified atom stereocenters. The third-order valence-corrected chi connectivity index (χ3v) is 4.53. The fraction of sp³-hybridized carbons (Fsp3) is 0.833. The highest BCUT2D eigenvalue weighted by Gasteiger charge is 2.27. The molecule has 19 heavy (non-hydrogen) atoms. The van der Waals surface area contributed by atoms with Gasteiger partial charge in [-0.15, -0.1) is 5.10 Å². The smallest absolute Gasteiger partial charge is 0.138 e. The molecule has 1 aliphatic rings. The van der Waals surface area contributed by atoms with Crippen LogP contribution in [-0.2, 0) is 6.54 Å². The zero-order valence-corrected chi connectivity index (χ0v) is 13.0. The third kappa shape index (κ3) is 4.10. The summed E-state index contributed by atoms with van der Waals surface area (Å²) in [4.78, 5) is 4.75. The van der Waals surface area contributed by atoms with E-state index in [0.29, 0.717) is 10.4 Å². The van der Waals surface area contributed by atoms with Crippen LogP contribution in [0.3, 0.4) is 0 Å². The summed E-state index contributed by atoms with van der Waals surface area (Å²) in [6.07, 6.45) is 0.824. The molecular formula is C12H21ClN4OS. The summed E-state index contributed by atoms with van der Waals surface area (Å²) in [7, 11) is 0. The van der Waals surface area contributed by atoms with Gasteiger partial charge in [-0.25, -0.2) is 0 Å². The minimum atomic E-state index is -0.266. The second kappa shape index (κ2) is 6.95. The molecule has 0 radical (unpaired) electrons. The van der Waals surface area contributed by atoms with E-state index in [4.69, 9.17) is 11.6 Å². The number of hydrogen-bond donors (Lipinski definition) is 1. The van der Waals surface area contributed by atoms with Gasteiger partial charge < -0.3 is 5.11 Å². The maximum Gasteiger partial charge on any atom is 0.138 e. The molecule has 2 heterocycles. The van der Waals surface area contributed by atoms with Crippen LogP contribution < -0.4 is 0 Å². The number of aromatic nitrogens is 2. The Bertz CT molecular complexity index is 401. The standard InChI is InChI=1S/C12H21ClN4OS/c1-3-10-7-16(4-5-17(10)6-9(2)18)8-11-12(13)19-15-14-11/h9-10,18H,3-8H2,1-2H3. The number of aliphatic hydroxyl groups is 1. The van der Waals surface area contributed by atoms with Crippen LogP contribution in [0.5, 0.6) is 0 Å². The van der Waals surface area contributed by atoms with Gasteiger partial charge in [-0.1, -0.05) is 23.0 Å². The van der Waals surface area contributed by atoms with Crippen LogP contribution in [0.1, 0.15) is 26.0 Å². The second-order valence-electron chi connectivity index (χ2n) is 5.13. The zero-order chi connectivity index (χ0) is 13.8. The highest BCUT2D eigenvalue weighted by atomic mass is 35.5. The number of rotatable bonds is 5. The molecule has 1 N–H and O–H groups in total. The monoisotopic (exact) mass is 304 g/mol. The predicted octanol–water partition coefficient (Wildman–Crippen LogP) is 1.47. The molecule has 1 fully saturated rings. The number of aliphatic hydroxyl groups excluding tert-OH is 1. The average Bonchev–Trinajstić information content (AvgIpc) is 2.76. The third-order valence-electron chi connectivity index (χ3n) is 3.54. The van der Waals surface area contributed by atoms with E-state index in [1.807, 2.05) is 6.92 Å². The van der Waals surface area contributed by atoms with E-state index in [9.17, 15) is 5.11 Å². The molecule has 2 atom stereocenters. The lowest BCUT2D eigenvalue weighted by molar-refractivity contribution is 0.0333. The minimum Gasteiger partial charge on any atom is -0.392 e. The molecule has 1 saturated heterocycles. The van der Waals surface area contributed by atoms with Crippen molar-refractivity contribution in [1.82, 2.24) is 19.4 Å². The van der Waals surface area contributed by atoms with Crippen LogP contribution in [0.15, 0.2) is 0 Å². The summed E-state index contributed by atoms with van der Waals surface area (Å²) in [5.74, 6) is 0. The molecule has 0 aliphatic carbocycles. The molecule has 0 saturated carbocycles. The molecule has 0 aromatic carbocycles. The number of nitrogens with zero attached hydrogens (tertiary/aromatic N) is 4. The van der Waals surface area contributed by atoms with Crippen LogP contribution in [-0.4, -0.2) is 62.8 Å². The first-order valence-corrected chi connectivity index (χ1v) is 7.86. The molecule has 108 valence electrons. The van der Waals surface area contributed by atoms with Gasteiger partial charge >= 0.3 is 0 Å². The number of halogens is 1. The van der Waals surface area contributed by atoms with Gasteiger partial charge in [0.1, 0.15) is 10.0 Å². The van der Waals surface area contributed by atoms with Gasteiger partial charge in [0.05, 0.1) is 6.10 Å². The van der Waals surface area contributed by atoms with E-state index in [2.05, 4.69) is 26.3 Å². The zero-order valence-electron chi connectivity index (χ0n) is 11.4. The summed E-state index contributed by atoms with van der Waals surface area (Å²) in [6, 6.07) is 0.494. The summed E-state index contributed by atoms with van der Waals surface area (Å²) in [6.45, 7) is 8.53. The lowest BCUT2D eigenvalue weighted by Crippen LogP contribution is -2.54. The summed E-state index contributed by atoms with van der Waals surface area (Å²) in [5.41, 5.74) is 0.880. The van der Waals surface area contributed by atoms with E-state index in [1.165, 1.54) is 11.5 Å². The minimum absolute atomic E-state index is 0.266. The van der Waals surface area contributed by atoms with Crippen LogP contribution in [0, 0.1) is 0 Å². The topological polar surface area (TPSA) is 52.5 Å². The van der Waals surface area contributed by atoms with Crippen molar-refractivity contribution in [2.24, 2.45) is 0 Å². The fourth-order valence-corrected chi connectivity index (χ4v) is 3.18. The Morgan fingerprint density at radius 2 is 2.32 bits per heavy atom. The first-order chi connectivity index (χ1) is 9.10. The van der Waals surface area contributed by atoms with Crippen molar-refractivity contribution in [1.29, 1.82) is 0 Å². The van der Waals surface area contributed by atoms with Gasteiger partial charge in [0, 0.05) is 50.3 Å². The van der Waals surface area contributed by atoms with Gasteiger partial charge in [0.2, 0.25) is 0 Å². The normalized spacial score (nSPS) is 23.7. The second-order valence-corrected chi connectivity index (χ2v) is 6.49. The van der Waals surface area contributed by atoms with Crippen molar-refractivity contribution in [2.75, 3.05) is 26.2 Å². The Kier molecular flexibility index (Phi) is 5.53. The molecule has 0 amide bonds. The van der Waals surface area contributed by atoms with E-state index >= 15 is 0 Å². The highest BCUT2D eigenvalue weighted by Crippen LogP contribution is 2.21. The Labute approximate surface area is 123 Å². The van der Waals surface area contributed by atoms with Gasteiger partial charge in [-0.05, 0) is 13.3 Å². The molecule has 1 aromatic rings. The first-order valence-electron chi connectivity index (χ1n) is 6.71. The molecule has 1 aliphatic heterocycles. The summed E-state index contributed by atoms with van der Waals surface area (Å²) >= 11 is 7.29. The average molecular weight is 305 g/mol. The highest BCUT2D eigenvalue weighted by molar-refractivity contribution is 7.10. The lowest BCUT2D eigenvalue weighted by Gasteiger charge is -2.41. The van der Waals surface area contributed by atoms with E-state index < -0.39 is 0 Å². The molecule has 7 heteroatoms. The van der Waals surface area contributed by atoms with Crippen molar-refractivity contribution in [3.63, 3.8) is 0 Å². The lowest BCUT2D eigenvalue weighted by atomic mass is 10.1. The Balaban J connectivity index is 1.91. The molecule has 0 bridgehead atoms. The Morgan fingerprint density at radius 1 is 1.53 bits per heavy atom. The van der Waals surface area contributed by atoms with Gasteiger partial charge in [-0.3, -0.25) is 9.80 Å². The maximum atomic E-state index is 9.54. The largest absolute Gasteiger partial charge is 0.392 e.